The zero-order valence-corrected chi connectivity index (χ0v) is 78.1. The molecule has 1 aliphatic rings. The molecule has 734 valence electrons. The van der Waals surface area contributed by atoms with Crippen LogP contribution in [0.2, 0.25) is 5.02 Å². The van der Waals surface area contributed by atoms with E-state index in [4.69, 9.17) is 159 Å². The lowest BCUT2D eigenvalue weighted by molar-refractivity contribution is -0.116. The summed E-state index contributed by atoms with van der Waals surface area (Å²) in [4.78, 5) is 31.5. The number of aliphatic imine (C=N–C) groups is 1. The van der Waals surface area contributed by atoms with E-state index in [1.807, 2.05) is 56.5 Å². The predicted octanol–water partition coefficient (Wildman–Crippen LogP) is 7.20. The number of carbonyl (C=O) groups excluding carboxylic acids is 2. The van der Waals surface area contributed by atoms with Crippen LogP contribution in [0.1, 0.15) is 66.5 Å². The van der Waals surface area contributed by atoms with Gasteiger partial charge in [-0.25, -0.2) is 4.79 Å². The fourth-order valence-electron chi connectivity index (χ4n) is 11.0. The van der Waals surface area contributed by atoms with Gasteiger partial charge in [0.25, 0.3) is 0 Å². The van der Waals surface area contributed by atoms with Crippen LogP contribution in [0.15, 0.2) is 53.5 Å². The quantitative estimate of drug-likeness (QED) is 0.0413. The van der Waals surface area contributed by atoms with E-state index in [1.165, 1.54) is 4.88 Å². The van der Waals surface area contributed by atoms with Gasteiger partial charge in [-0.15, -0.1) is 21.5 Å². The Kier molecular flexibility index (Phi) is 70.9. The van der Waals surface area contributed by atoms with Gasteiger partial charge in [0.2, 0.25) is 5.91 Å². The second kappa shape index (κ2) is 80.1. The number of alkyl carbamates (subject to hydrolysis) is 1. The van der Waals surface area contributed by atoms with Crippen molar-refractivity contribution in [2.45, 2.75) is 59.6 Å². The van der Waals surface area contributed by atoms with Crippen molar-refractivity contribution in [1.82, 2.24) is 20.1 Å². The number of carbonyl (C=O) groups is 2. The molecule has 4 aromatic rings. The number of nitrogens with zero attached hydrogens (tertiary/aromatic N) is 4. The average Bonchev–Trinajstić information content (AvgIpc) is 1.59. The number of amides is 2. The van der Waals surface area contributed by atoms with Gasteiger partial charge < -0.3 is 153 Å². The third-order valence-corrected chi connectivity index (χ3v) is 18.8. The lowest BCUT2D eigenvalue weighted by Crippen LogP contribution is -2.34. The van der Waals surface area contributed by atoms with Crippen molar-refractivity contribution >= 4 is 46.3 Å². The average molecular weight is 1870 g/mol. The molecule has 0 bridgehead atoms. The molecule has 0 unspecified atom stereocenters. The monoisotopic (exact) mass is 1870 g/mol. The highest BCUT2D eigenvalue weighted by Gasteiger charge is 2.33. The second-order valence-corrected chi connectivity index (χ2v) is 30.2. The Hall–Kier alpha value is -5.34. The Morgan fingerprint density at radius 1 is 0.359 bits per heavy atom. The minimum atomic E-state index is -0.581. The molecule has 0 saturated heterocycles. The van der Waals surface area contributed by atoms with Crippen molar-refractivity contribution in [3.05, 3.63) is 86.8 Å². The molecule has 128 heavy (non-hydrogen) atoms. The van der Waals surface area contributed by atoms with Crippen LogP contribution in [-0.4, -0.2) is 421 Å². The van der Waals surface area contributed by atoms with Crippen LogP contribution in [0, 0.1) is 20.8 Å². The summed E-state index contributed by atoms with van der Waals surface area (Å²) in [7, 11) is 0. The van der Waals surface area contributed by atoms with Gasteiger partial charge >= 0.3 is 6.09 Å². The summed E-state index contributed by atoms with van der Waals surface area (Å²) < 4.78 is 168. The van der Waals surface area contributed by atoms with Crippen LogP contribution in [0.5, 0.6) is 5.75 Å². The minimum Gasteiger partial charge on any atom is -0.491 e. The normalized spacial score (nSPS) is 12.7. The molecule has 5 rings (SSSR count). The first kappa shape index (κ1) is 113. The molecule has 2 amide bonds. The zero-order valence-electron chi connectivity index (χ0n) is 76.6. The van der Waals surface area contributed by atoms with Crippen molar-refractivity contribution in [3.8, 4) is 10.8 Å². The Morgan fingerprint density at radius 2 is 0.625 bits per heavy atom. The van der Waals surface area contributed by atoms with Crippen molar-refractivity contribution < 1.29 is 152 Å². The molecule has 3 heterocycles. The van der Waals surface area contributed by atoms with Gasteiger partial charge in [0.05, 0.1) is 382 Å². The molecular formula is C88H147ClN6O32S. The molecular weight excluding hydrogens is 1720 g/mol. The number of benzene rings is 2. The number of rotatable bonds is 92. The van der Waals surface area contributed by atoms with Crippen LogP contribution < -0.4 is 15.4 Å². The number of anilines is 1. The van der Waals surface area contributed by atoms with E-state index < -0.39 is 17.7 Å². The number of fused-ring (bicyclic) bond motifs is 3. The topological polar surface area (TPSA) is 378 Å². The van der Waals surface area contributed by atoms with Crippen LogP contribution >= 0.6 is 22.9 Å². The van der Waals surface area contributed by atoms with Crippen molar-refractivity contribution in [1.29, 1.82) is 0 Å². The van der Waals surface area contributed by atoms with Crippen molar-refractivity contribution in [3.63, 3.8) is 0 Å². The highest BCUT2D eigenvalue weighted by molar-refractivity contribution is 7.15. The van der Waals surface area contributed by atoms with Gasteiger partial charge in [-0.05, 0) is 83.5 Å². The number of aromatic nitrogens is 3. The number of hydrogen-bond acceptors (Lipinski definition) is 36. The molecule has 2 N–H and O–H groups in total. The van der Waals surface area contributed by atoms with Crippen LogP contribution in [-0.2, 0) is 142 Å². The Morgan fingerprint density at radius 3 is 0.898 bits per heavy atom. The lowest BCUT2D eigenvalue weighted by Gasteiger charge is -2.19. The molecule has 0 spiro atoms. The Bertz CT molecular complexity index is 3280. The zero-order chi connectivity index (χ0) is 91.0. The van der Waals surface area contributed by atoms with Gasteiger partial charge in [0, 0.05) is 33.3 Å². The maximum Gasteiger partial charge on any atom is 0.407 e. The Balaban J connectivity index is 0.609. The van der Waals surface area contributed by atoms with E-state index in [0.29, 0.717) is 405 Å². The van der Waals surface area contributed by atoms with E-state index in [1.54, 1.807) is 35.6 Å². The van der Waals surface area contributed by atoms with Gasteiger partial charge in [-0.3, -0.25) is 14.4 Å². The highest BCUT2D eigenvalue weighted by atomic mass is 35.5. The number of ether oxygens (including phenoxy) is 30. The largest absolute Gasteiger partial charge is 0.491 e. The van der Waals surface area contributed by atoms with Crippen molar-refractivity contribution in [2.24, 2.45) is 4.99 Å². The molecule has 1 aliphatic heterocycles. The van der Waals surface area contributed by atoms with E-state index in [-0.39, 0.29) is 12.3 Å². The second-order valence-electron chi connectivity index (χ2n) is 28.6. The minimum absolute atomic E-state index is 0.0619. The summed E-state index contributed by atoms with van der Waals surface area (Å²) in [6.45, 7) is 38.2. The first-order chi connectivity index (χ1) is 62.9. The van der Waals surface area contributed by atoms with Crippen molar-refractivity contribution in [2.75, 3.05) is 388 Å². The standard InChI is InChI=1S/C88H147ClN6O32S/c1-74-75(2)128-86-83(74)84(77-7-9-78(89)10-8-77)92-81(85-94-93-76(3)95(85)86)73-82(96)91-79-11-13-80(14-12-79)126-72-71-125-70-69-124-68-67-123-66-65-122-64-63-121-62-61-120-60-59-119-58-57-118-56-55-117-54-53-116-52-51-115-50-49-114-48-47-113-46-45-112-44-43-111-42-41-110-40-39-109-38-37-108-36-35-107-34-33-106-32-31-105-30-29-104-28-27-103-26-25-102-24-23-101-22-21-100-20-19-99-18-17-98-16-15-90-87(97)127-88(4,5)6/h7-14,81H,15-73H2,1-6H3,(H,90,97)(H,91,96)/t81-/m0/s1. The number of hydrogen-bond donors (Lipinski definition) is 2. The smallest absolute Gasteiger partial charge is 0.407 e. The molecule has 0 saturated carbocycles. The highest BCUT2D eigenvalue weighted by Crippen LogP contribution is 2.40. The number of thiophene rings is 1. The number of halogens is 1. The summed E-state index contributed by atoms with van der Waals surface area (Å²) in [5.74, 6) is 1.79. The predicted molar refractivity (Wildman–Crippen MR) is 476 cm³/mol. The Labute approximate surface area is 765 Å². The van der Waals surface area contributed by atoms with E-state index in [0.717, 1.165) is 33.2 Å². The van der Waals surface area contributed by atoms with Gasteiger partial charge in [-0.2, -0.15) is 0 Å². The lowest BCUT2D eigenvalue weighted by atomic mass is 9.99. The summed E-state index contributed by atoms with van der Waals surface area (Å²) in [5.41, 5.74) is 3.94. The van der Waals surface area contributed by atoms with Crippen LogP contribution in [0.25, 0.3) is 5.00 Å². The van der Waals surface area contributed by atoms with Gasteiger partial charge in [0.1, 0.15) is 34.8 Å². The molecule has 0 aliphatic carbocycles. The third kappa shape index (κ3) is 61.5. The first-order valence-corrected chi connectivity index (χ1v) is 45.6. The van der Waals surface area contributed by atoms with E-state index in [2.05, 4.69) is 34.7 Å². The molecule has 2 aromatic heterocycles. The van der Waals surface area contributed by atoms with Gasteiger partial charge in [-0.1, -0.05) is 23.7 Å². The molecule has 38 nitrogen and oxygen atoms in total. The van der Waals surface area contributed by atoms with E-state index >= 15 is 0 Å². The summed E-state index contributed by atoms with van der Waals surface area (Å²) in [6.07, 6.45) is -0.399. The number of aryl methyl sites for hydroxylation is 2. The molecule has 40 heteroatoms. The van der Waals surface area contributed by atoms with Crippen LogP contribution in [0.4, 0.5) is 10.5 Å². The van der Waals surface area contributed by atoms with E-state index in [9.17, 15) is 9.59 Å². The fourth-order valence-corrected chi connectivity index (χ4v) is 12.3. The maximum atomic E-state index is 13.6. The number of nitrogens with one attached hydrogen (secondary N) is 2. The summed E-state index contributed by atoms with van der Waals surface area (Å²) >= 11 is 7.93. The summed E-state index contributed by atoms with van der Waals surface area (Å²) in [5, 5.41) is 16.2. The van der Waals surface area contributed by atoms with Crippen LogP contribution in [0.3, 0.4) is 0 Å². The third-order valence-electron chi connectivity index (χ3n) is 17.3. The first-order valence-electron chi connectivity index (χ1n) is 44.4. The molecule has 0 radical (unpaired) electrons. The van der Waals surface area contributed by atoms with Gasteiger partial charge in [0.15, 0.2) is 5.82 Å². The SMILES string of the molecule is Cc1sc2c(c1C)C(c1ccc(Cl)cc1)=N[C@@H](CC(=O)Nc1ccc(OCCOCCOCCOCCOCCOCCOCCOCCOCCOCCOCCOCCOCCOCCOCCOCCOCCOCCOCCOCCOCCOCCOCCOCCOCCOCCOCCOCCOCCNC(=O)OC(C)(C)C)cc1)c1nnc(C)n1-2. The molecule has 0 fully saturated rings. The molecule has 2 aromatic carbocycles. The molecule has 1 atom stereocenters. The summed E-state index contributed by atoms with van der Waals surface area (Å²) in [6, 6.07) is 14.2. The maximum absolute atomic E-state index is 13.6. The fraction of sp³-hybridized carbons (Fsp3) is 0.761.